The van der Waals surface area contributed by atoms with Gasteiger partial charge in [-0.15, -0.1) is 0 Å². The molecule has 0 saturated heterocycles. The van der Waals surface area contributed by atoms with Crippen molar-refractivity contribution in [3.8, 4) is 0 Å². The van der Waals surface area contributed by atoms with Crippen molar-refractivity contribution in [1.82, 2.24) is 0 Å². The van der Waals surface area contributed by atoms with Gasteiger partial charge in [-0.2, -0.15) is 0 Å². The average Bonchev–Trinajstić information content (AvgIpc) is 1.00. The van der Waals surface area contributed by atoms with Crippen molar-refractivity contribution in [2.75, 3.05) is 0 Å². The van der Waals surface area contributed by atoms with Gasteiger partial charge in [0.25, 0.3) is 0 Å². The van der Waals surface area contributed by atoms with Gasteiger partial charge in [0.2, 0.25) is 0 Å². The van der Waals surface area contributed by atoms with Gasteiger partial charge in [0, 0.05) is 0 Å². The zero-order valence-corrected chi connectivity index (χ0v) is 21.1. The van der Waals surface area contributed by atoms with Crippen molar-refractivity contribution >= 4 is 125 Å². The SMILES string of the molecule is [Ga+3].[In+3].[S]=[Cd].[Te-2].[Te-2].[Te-2]. The normalized spacial score (nSPS) is 0.857. The van der Waals surface area contributed by atoms with Gasteiger partial charge >= 0.3 is 78.0 Å². The van der Waals surface area contributed by atoms with Gasteiger partial charge in [0.15, 0.2) is 0 Å². The molecule has 0 bridgehead atoms. The minimum Gasteiger partial charge on any atom is -2.00 e. The molecular formula is CdGaInSTe3. The summed E-state index contributed by atoms with van der Waals surface area (Å²) in [6.45, 7) is 0. The first-order chi connectivity index (χ1) is 1.00. The molecule has 0 aliphatic rings. The van der Waals surface area contributed by atoms with Crippen LogP contribution < -0.4 is 0 Å². The topological polar surface area (TPSA) is 0 Å². The van der Waals surface area contributed by atoms with Gasteiger partial charge in [-0.25, -0.2) is 0 Å². The Labute approximate surface area is 145 Å². The number of hydrogen-bond acceptors (Lipinski definition) is 1. The van der Waals surface area contributed by atoms with Crippen molar-refractivity contribution in [1.29, 1.82) is 0 Å². The minimum atomic E-state index is 0. The van der Waals surface area contributed by atoms with Crippen molar-refractivity contribution in [2.45, 2.75) is 0 Å². The van der Waals surface area contributed by atoms with E-state index in [1.54, 1.807) is 0 Å². The van der Waals surface area contributed by atoms with Crippen LogP contribution in [-0.4, -0.2) is 117 Å². The molecule has 0 aromatic rings. The van der Waals surface area contributed by atoms with E-state index in [1.165, 1.54) is 0 Å². The third kappa shape index (κ3) is 35.6. The monoisotopic (exact) mass is 719 g/mol. The van der Waals surface area contributed by atoms with Crippen molar-refractivity contribution < 1.29 is 23.7 Å². The largest absolute Gasteiger partial charge is 2.00 e. The van der Waals surface area contributed by atoms with Crippen molar-refractivity contribution in [3.05, 3.63) is 0 Å². The third-order valence-electron chi connectivity index (χ3n) is 0. The Bertz CT molecular complexity index is 14.9. The fraction of sp³-hybridized carbons (Fsp3) is 0. The van der Waals surface area contributed by atoms with Crippen LogP contribution in [0.25, 0.3) is 0 Å². The first-order valence-electron chi connectivity index (χ1n) is 0.289. The zero-order chi connectivity index (χ0) is 2.00. The molecule has 0 nitrogen and oxygen atoms in total. The third-order valence-corrected chi connectivity index (χ3v) is 0. The van der Waals surface area contributed by atoms with Crippen LogP contribution in [0.1, 0.15) is 0 Å². The summed E-state index contributed by atoms with van der Waals surface area (Å²) >= 11 is 0.733. The molecule has 32 valence electrons. The maximum absolute atomic E-state index is 4.25. The van der Waals surface area contributed by atoms with Gasteiger partial charge in [0.1, 0.15) is 0 Å². The molecular weight excluding hydrogens is 712 g/mol. The van der Waals surface area contributed by atoms with Crippen LogP contribution in [0.4, 0.5) is 0 Å². The van der Waals surface area contributed by atoms with Crippen LogP contribution in [0, 0.1) is 0 Å². The van der Waals surface area contributed by atoms with E-state index in [1.807, 2.05) is 0 Å². The second-order valence-corrected chi connectivity index (χ2v) is 0. The molecule has 0 unspecified atom stereocenters. The maximum Gasteiger partial charge on any atom is -2.00 e. The summed E-state index contributed by atoms with van der Waals surface area (Å²) in [5, 5.41) is 0. The predicted octanol–water partition coefficient (Wildman–Crippen LogP) is -1.26. The summed E-state index contributed by atoms with van der Waals surface area (Å²) in [5.41, 5.74) is 0. The molecule has 0 fully saturated rings. The predicted molar refractivity (Wildman–Crippen MR) is 36.4 cm³/mol. The molecule has 7 heavy (non-hydrogen) atoms. The van der Waals surface area contributed by atoms with Gasteiger partial charge in [-0.05, 0) is 0 Å². The molecule has 0 atom stereocenters. The van der Waals surface area contributed by atoms with Crippen LogP contribution in [0.15, 0.2) is 0 Å². The van der Waals surface area contributed by atoms with Crippen molar-refractivity contribution in [3.63, 3.8) is 0 Å². The van der Waals surface area contributed by atoms with Gasteiger partial charge in [-0.1, -0.05) is 0 Å². The molecule has 0 heterocycles. The number of hydrogen-bond donors (Lipinski definition) is 0. The van der Waals surface area contributed by atoms with E-state index in [-0.39, 0.29) is 117 Å². The molecule has 0 amide bonds. The molecule has 0 radical (unpaired) electrons. The van der Waals surface area contributed by atoms with Crippen LogP contribution >= 0.6 is 8.65 Å². The first kappa shape index (κ1) is 40.3. The molecule has 0 aliphatic carbocycles. The van der Waals surface area contributed by atoms with Gasteiger partial charge in [0.05, 0.1) is 0 Å². The van der Waals surface area contributed by atoms with E-state index in [0.29, 0.717) is 0 Å². The summed E-state index contributed by atoms with van der Waals surface area (Å²) in [4.78, 5) is 0. The van der Waals surface area contributed by atoms with E-state index in [9.17, 15) is 0 Å². The van der Waals surface area contributed by atoms with E-state index in [0.717, 1.165) is 23.7 Å². The molecule has 0 aromatic carbocycles. The zero-order valence-electron chi connectivity index (χ0n) is 3.49. The van der Waals surface area contributed by atoms with Crippen LogP contribution in [0.5, 0.6) is 0 Å². The maximum atomic E-state index is 4.25. The van der Waals surface area contributed by atoms with E-state index < -0.39 is 0 Å². The number of rotatable bonds is 0. The second kappa shape index (κ2) is 43.9. The Kier molecular flexibility index (Phi) is 253. The standard InChI is InChI=1S/Cd.Ga.In.S.3Te/q;2*+3;;3*-2. The van der Waals surface area contributed by atoms with Gasteiger partial charge in [-0.3, -0.25) is 0 Å². The Balaban J connectivity index is -0.000000000500. The fourth-order valence-electron chi connectivity index (χ4n) is 0. The Hall–Kier alpha value is 5.02. The summed E-state index contributed by atoms with van der Waals surface area (Å²) in [7, 11) is 4.25. The van der Waals surface area contributed by atoms with Crippen LogP contribution in [-0.2, 0) is 23.7 Å². The van der Waals surface area contributed by atoms with Crippen LogP contribution in [0.3, 0.4) is 0 Å². The van der Waals surface area contributed by atoms with E-state index >= 15 is 0 Å². The van der Waals surface area contributed by atoms with E-state index in [2.05, 4.69) is 8.65 Å². The molecule has 0 saturated carbocycles. The molecule has 0 N–H and O–H groups in total. The Morgan fingerprint density at radius 1 is 0.857 bits per heavy atom. The second-order valence-electron chi connectivity index (χ2n) is 0. The molecule has 0 spiro atoms. The minimum absolute atomic E-state index is 0. The summed E-state index contributed by atoms with van der Waals surface area (Å²) in [6.07, 6.45) is 0. The van der Waals surface area contributed by atoms with Crippen molar-refractivity contribution in [2.24, 2.45) is 0 Å². The first-order valence-corrected chi connectivity index (χ1v) is 5.81. The summed E-state index contributed by atoms with van der Waals surface area (Å²) in [6, 6.07) is 0. The quantitative estimate of drug-likeness (QED) is 0.283. The van der Waals surface area contributed by atoms with E-state index in [4.69, 9.17) is 0 Å². The Morgan fingerprint density at radius 3 is 0.857 bits per heavy atom. The molecule has 0 rings (SSSR count). The summed E-state index contributed by atoms with van der Waals surface area (Å²) in [5.74, 6) is 0. The van der Waals surface area contributed by atoms with Crippen LogP contribution in [0.2, 0.25) is 0 Å². The fourth-order valence-corrected chi connectivity index (χ4v) is 0. The Morgan fingerprint density at radius 2 is 0.857 bits per heavy atom. The molecule has 0 aliphatic heterocycles. The van der Waals surface area contributed by atoms with Gasteiger partial charge < -0.3 is 71.0 Å². The smallest absolute Gasteiger partial charge is 2.00 e. The summed E-state index contributed by atoms with van der Waals surface area (Å²) < 4.78 is 0. The molecule has 0 aromatic heterocycles. The molecule has 7 heteroatoms. The average molecular weight is 712 g/mol.